The second-order valence-electron chi connectivity index (χ2n) is 13.5. The molecule has 1 aliphatic rings. The van der Waals surface area contributed by atoms with E-state index in [9.17, 15) is 19.2 Å². The van der Waals surface area contributed by atoms with E-state index in [2.05, 4.69) is 13.2 Å². The Balaban J connectivity index is 2.41. The van der Waals surface area contributed by atoms with E-state index in [1.807, 2.05) is 34.6 Å². The number of carbonyl (C=O) groups is 4. The fourth-order valence-corrected chi connectivity index (χ4v) is 5.60. The van der Waals surface area contributed by atoms with Gasteiger partial charge in [0.25, 0.3) is 11.8 Å². The number of nitrogens with zero attached hydrogens (tertiary/aromatic N) is 1. The Morgan fingerprint density at radius 3 is 1.25 bits per heavy atom. The van der Waals surface area contributed by atoms with Crippen molar-refractivity contribution in [2.45, 2.75) is 103 Å². The normalized spacial score (nSPS) is 15.9. The van der Waals surface area contributed by atoms with Gasteiger partial charge in [-0.25, -0.2) is 4.79 Å². The lowest BCUT2D eigenvalue weighted by molar-refractivity contribution is -0.197. The predicted octanol–water partition coefficient (Wildman–Crippen LogP) is 3.15. The maximum Gasteiger partial charge on any atom is 0.333 e. The molecule has 1 heterocycles. The molecule has 0 aliphatic carbocycles. The van der Waals surface area contributed by atoms with Crippen LogP contribution in [0.2, 0.25) is 0 Å². The smallest absolute Gasteiger partial charge is 0.333 e. The first kappa shape index (κ1) is 55.9. The lowest BCUT2D eigenvalue weighted by Gasteiger charge is -2.24. The lowest BCUT2D eigenvalue weighted by atomic mass is 10.2. The Bertz CT molecular complexity index is 1160. The molecule has 2 amide bonds. The van der Waals surface area contributed by atoms with Gasteiger partial charge in [0.1, 0.15) is 49.8 Å². The van der Waals surface area contributed by atoms with E-state index < -0.39 is 23.9 Å². The van der Waals surface area contributed by atoms with Gasteiger partial charge in [0, 0.05) is 58.7 Å². The van der Waals surface area contributed by atoms with Crippen LogP contribution in [-0.4, -0.2) is 184 Å². The van der Waals surface area contributed by atoms with Crippen molar-refractivity contribution in [3.63, 3.8) is 0 Å². The maximum absolute atomic E-state index is 12.3. The maximum atomic E-state index is 12.3. The third-order valence-electron chi connectivity index (χ3n) is 8.34. The van der Waals surface area contributed by atoms with Crippen LogP contribution in [0.1, 0.15) is 66.7 Å². The van der Waals surface area contributed by atoms with E-state index in [0.29, 0.717) is 71.1 Å². The molecule has 0 spiro atoms. The SMILES string of the molecule is C=COCC(COCC(COCC(COCC(COCC(COCC(COCC(=O)CCCC(=O)ON1C(=O)CCC1=O)OC=C)OCC)OCC)OCC)OCC)OCC. The molecule has 354 valence electrons. The molecule has 0 radical (unpaired) electrons. The van der Waals surface area contributed by atoms with Gasteiger partial charge in [-0.1, -0.05) is 13.2 Å². The third kappa shape index (κ3) is 28.3. The quantitative estimate of drug-likeness (QED) is 0.0638. The van der Waals surface area contributed by atoms with Gasteiger partial charge in [-0.2, -0.15) is 0 Å². The van der Waals surface area contributed by atoms with E-state index in [1.54, 1.807) is 0 Å². The van der Waals surface area contributed by atoms with E-state index >= 15 is 0 Å². The third-order valence-corrected chi connectivity index (χ3v) is 8.34. The Kier molecular flexibility index (Phi) is 34.4. The standard InChI is InChI=1S/C42H73NO18/c1-8-48-21-34(55-9-2)23-50-25-36(57-11-4)27-52-29-38(59-13-6)31-54-32-39(60-14-7)30-53-28-37(58-12-5)26-51-24-35(56-10-3)22-49-20-33(44)16-15-17-42(47)61-43-40(45)18-19-41(43)46/h8,10,34-39H,1,3,9,11-32H2,2,4-7H3. The van der Waals surface area contributed by atoms with Crippen molar-refractivity contribution in [3.8, 4) is 0 Å². The molecule has 0 N–H and O–H groups in total. The van der Waals surface area contributed by atoms with Crippen molar-refractivity contribution < 1.29 is 85.6 Å². The average Bonchev–Trinajstić information content (AvgIpc) is 3.54. The van der Waals surface area contributed by atoms with Gasteiger partial charge in [0.15, 0.2) is 5.78 Å². The number of hydroxylamine groups is 2. The van der Waals surface area contributed by atoms with Crippen molar-refractivity contribution >= 4 is 23.6 Å². The highest BCUT2D eigenvalue weighted by Crippen LogP contribution is 2.13. The molecule has 1 rings (SSSR count). The molecule has 61 heavy (non-hydrogen) atoms. The summed E-state index contributed by atoms with van der Waals surface area (Å²) >= 11 is 0. The van der Waals surface area contributed by atoms with E-state index in [0.717, 1.165) is 0 Å². The number of amides is 2. The van der Waals surface area contributed by atoms with Crippen LogP contribution in [0.15, 0.2) is 25.7 Å². The number of carbonyl (C=O) groups excluding carboxylic acids is 4. The summed E-state index contributed by atoms with van der Waals surface area (Å²) in [6.45, 7) is 22.0. The minimum absolute atomic E-state index is 0.00865. The fourth-order valence-electron chi connectivity index (χ4n) is 5.60. The van der Waals surface area contributed by atoms with Gasteiger partial charge in [-0.15, -0.1) is 5.06 Å². The van der Waals surface area contributed by atoms with Crippen LogP contribution < -0.4 is 0 Å². The molecule has 1 saturated heterocycles. The second kappa shape index (κ2) is 37.5. The van der Waals surface area contributed by atoms with Crippen molar-refractivity contribution in [2.24, 2.45) is 0 Å². The molecule has 0 aromatic rings. The van der Waals surface area contributed by atoms with Gasteiger partial charge in [-0.05, 0) is 41.0 Å². The summed E-state index contributed by atoms with van der Waals surface area (Å²) in [4.78, 5) is 52.2. The number of hydrogen-bond donors (Lipinski definition) is 0. The summed E-state index contributed by atoms with van der Waals surface area (Å²) in [5, 5.41) is 0.482. The highest BCUT2D eigenvalue weighted by Gasteiger charge is 2.32. The molecule has 0 aromatic heterocycles. The number of ketones is 1. The van der Waals surface area contributed by atoms with Crippen LogP contribution in [0.4, 0.5) is 0 Å². The van der Waals surface area contributed by atoms with Gasteiger partial charge in [0.2, 0.25) is 0 Å². The van der Waals surface area contributed by atoms with Crippen molar-refractivity contribution in [1.82, 2.24) is 5.06 Å². The summed E-state index contributed by atoms with van der Waals surface area (Å²) < 4.78 is 74.8. The van der Waals surface area contributed by atoms with E-state index in [-0.39, 0.29) is 121 Å². The summed E-state index contributed by atoms with van der Waals surface area (Å²) in [5.74, 6) is -2.12. The molecule has 19 nitrogen and oxygen atoms in total. The summed E-state index contributed by atoms with van der Waals surface area (Å²) in [7, 11) is 0. The molecule has 19 heteroatoms. The molecule has 0 aromatic carbocycles. The first-order chi connectivity index (χ1) is 29.6. The van der Waals surface area contributed by atoms with Crippen LogP contribution >= 0.6 is 0 Å². The fraction of sp³-hybridized carbons (Fsp3) is 0.810. The average molecular weight is 880 g/mol. The predicted molar refractivity (Wildman–Crippen MR) is 219 cm³/mol. The highest BCUT2D eigenvalue weighted by molar-refractivity contribution is 6.01. The van der Waals surface area contributed by atoms with Crippen LogP contribution in [0.5, 0.6) is 0 Å². The Labute approximate surface area is 361 Å². The molecule has 0 saturated carbocycles. The topological polar surface area (TPSA) is 201 Å². The van der Waals surface area contributed by atoms with Crippen LogP contribution in [0.25, 0.3) is 0 Å². The minimum Gasteiger partial charge on any atom is -0.499 e. The molecule has 0 bridgehead atoms. The molecule has 1 aliphatic heterocycles. The number of rotatable bonds is 44. The zero-order chi connectivity index (χ0) is 44.9. The first-order valence-electron chi connectivity index (χ1n) is 21.3. The summed E-state index contributed by atoms with van der Waals surface area (Å²) in [5.41, 5.74) is 0. The Morgan fingerprint density at radius 2 is 0.885 bits per heavy atom. The largest absolute Gasteiger partial charge is 0.499 e. The lowest BCUT2D eigenvalue weighted by Crippen LogP contribution is -2.34. The van der Waals surface area contributed by atoms with E-state index in [4.69, 9.17) is 66.4 Å². The van der Waals surface area contributed by atoms with Crippen LogP contribution in [0, 0.1) is 0 Å². The zero-order valence-electron chi connectivity index (χ0n) is 37.1. The molecular weight excluding hydrogens is 806 g/mol. The highest BCUT2D eigenvalue weighted by atomic mass is 16.7. The molecule has 6 unspecified atom stereocenters. The summed E-state index contributed by atoms with van der Waals surface area (Å²) in [6, 6.07) is 0. The second-order valence-corrected chi connectivity index (χ2v) is 13.5. The first-order valence-corrected chi connectivity index (χ1v) is 21.3. The summed E-state index contributed by atoms with van der Waals surface area (Å²) in [6.07, 6.45) is 0.715. The Hall–Kier alpha value is -3.08. The van der Waals surface area contributed by atoms with Crippen LogP contribution in [0.3, 0.4) is 0 Å². The van der Waals surface area contributed by atoms with Crippen LogP contribution in [-0.2, 0) is 85.6 Å². The van der Waals surface area contributed by atoms with Gasteiger partial charge in [-0.3, -0.25) is 14.4 Å². The van der Waals surface area contributed by atoms with Crippen molar-refractivity contribution in [3.05, 3.63) is 25.7 Å². The number of ether oxygens (including phenoxy) is 13. The van der Waals surface area contributed by atoms with Crippen molar-refractivity contribution in [2.75, 3.05) is 119 Å². The zero-order valence-corrected chi connectivity index (χ0v) is 37.1. The monoisotopic (exact) mass is 879 g/mol. The number of hydrogen-bond acceptors (Lipinski definition) is 18. The minimum atomic E-state index is -0.761. The van der Waals surface area contributed by atoms with Gasteiger partial charge < -0.3 is 66.4 Å². The van der Waals surface area contributed by atoms with Gasteiger partial charge >= 0.3 is 5.97 Å². The van der Waals surface area contributed by atoms with Crippen molar-refractivity contribution in [1.29, 1.82) is 0 Å². The molecular formula is C42H73NO18. The Morgan fingerprint density at radius 1 is 0.525 bits per heavy atom. The number of imide groups is 1. The number of Topliss-reactive ketones (excluding diaryl/α,β-unsaturated/α-hetero) is 1. The van der Waals surface area contributed by atoms with E-state index in [1.165, 1.54) is 12.5 Å². The molecule has 6 atom stereocenters. The molecule has 1 fully saturated rings. The van der Waals surface area contributed by atoms with Gasteiger partial charge in [0.05, 0.1) is 85.2 Å².